The Morgan fingerprint density at radius 3 is 2.93 bits per heavy atom. The second-order valence-electron chi connectivity index (χ2n) is 4.10. The highest BCUT2D eigenvalue weighted by molar-refractivity contribution is 9.10. The van der Waals surface area contributed by atoms with Gasteiger partial charge in [-0.15, -0.1) is 0 Å². The van der Waals surface area contributed by atoms with E-state index >= 15 is 0 Å². The second kappa shape index (κ2) is 5.14. The molecular formula is C11H16BrNO2. The summed E-state index contributed by atoms with van der Waals surface area (Å²) in [4.78, 5) is 0. The van der Waals surface area contributed by atoms with Crippen molar-refractivity contribution >= 4 is 15.9 Å². The fourth-order valence-corrected chi connectivity index (χ4v) is 2.42. The van der Waals surface area contributed by atoms with Gasteiger partial charge in [-0.1, -0.05) is 6.42 Å². The van der Waals surface area contributed by atoms with Crippen LogP contribution in [0, 0.1) is 5.92 Å². The summed E-state index contributed by atoms with van der Waals surface area (Å²) in [7, 11) is 0. The van der Waals surface area contributed by atoms with Crippen LogP contribution in [0.1, 0.15) is 25.0 Å². The quantitative estimate of drug-likeness (QED) is 0.885. The van der Waals surface area contributed by atoms with Gasteiger partial charge in [-0.3, -0.25) is 0 Å². The molecule has 4 heteroatoms. The second-order valence-corrected chi connectivity index (χ2v) is 4.88. The molecule has 1 aliphatic rings. The molecule has 0 aromatic carbocycles. The molecule has 2 N–H and O–H groups in total. The first-order valence-electron chi connectivity index (χ1n) is 5.38. The molecule has 1 heterocycles. The Hall–Kier alpha value is -0.320. The van der Waals surface area contributed by atoms with Crippen molar-refractivity contribution in [2.75, 3.05) is 6.54 Å². The van der Waals surface area contributed by atoms with Crippen LogP contribution in [0.2, 0.25) is 0 Å². The standard InChI is InChI=1S/C11H16BrNO2/c12-11-5-4-9(15-11)7-13-6-8-2-1-3-10(8)14/h4-5,8,10,13-14H,1-3,6-7H2. The first-order valence-corrected chi connectivity index (χ1v) is 6.18. The summed E-state index contributed by atoms with van der Waals surface area (Å²) in [6.45, 7) is 1.61. The van der Waals surface area contributed by atoms with Crippen molar-refractivity contribution in [2.45, 2.75) is 31.9 Å². The number of aliphatic hydroxyl groups excluding tert-OH is 1. The zero-order valence-corrected chi connectivity index (χ0v) is 10.2. The monoisotopic (exact) mass is 273 g/mol. The third kappa shape index (κ3) is 3.06. The summed E-state index contributed by atoms with van der Waals surface area (Å²) in [6, 6.07) is 3.84. The molecule has 84 valence electrons. The molecule has 2 unspecified atom stereocenters. The molecule has 3 nitrogen and oxygen atoms in total. The van der Waals surface area contributed by atoms with Crippen LogP contribution < -0.4 is 5.32 Å². The summed E-state index contributed by atoms with van der Waals surface area (Å²) in [5, 5.41) is 12.9. The molecule has 0 bridgehead atoms. The van der Waals surface area contributed by atoms with E-state index in [0.29, 0.717) is 5.92 Å². The fraction of sp³-hybridized carbons (Fsp3) is 0.636. The highest BCUT2D eigenvalue weighted by Gasteiger charge is 2.24. The molecule has 15 heavy (non-hydrogen) atoms. The number of aliphatic hydroxyl groups is 1. The number of nitrogens with one attached hydrogen (secondary N) is 1. The van der Waals surface area contributed by atoms with Crippen molar-refractivity contribution in [1.29, 1.82) is 0 Å². The third-order valence-corrected chi connectivity index (χ3v) is 3.38. The fourth-order valence-electron chi connectivity index (χ4n) is 2.08. The maximum atomic E-state index is 9.62. The van der Waals surface area contributed by atoms with Gasteiger partial charge in [0.05, 0.1) is 12.6 Å². The van der Waals surface area contributed by atoms with Crippen LogP contribution in [-0.4, -0.2) is 17.8 Å². The molecule has 0 spiro atoms. The lowest BCUT2D eigenvalue weighted by Crippen LogP contribution is -2.27. The van der Waals surface area contributed by atoms with Crippen molar-refractivity contribution in [3.05, 3.63) is 22.6 Å². The Balaban J connectivity index is 1.70. The van der Waals surface area contributed by atoms with Gasteiger partial charge in [0.2, 0.25) is 0 Å². The topological polar surface area (TPSA) is 45.4 Å². The van der Waals surface area contributed by atoms with E-state index in [1.165, 1.54) is 0 Å². The lowest BCUT2D eigenvalue weighted by atomic mass is 10.1. The van der Waals surface area contributed by atoms with Gasteiger partial charge in [0.25, 0.3) is 0 Å². The maximum absolute atomic E-state index is 9.62. The normalized spacial score (nSPS) is 26.0. The Morgan fingerprint density at radius 2 is 2.33 bits per heavy atom. The molecule has 1 aliphatic carbocycles. The summed E-state index contributed by atoms with van der Waals surface area (Å²) in [5.41, 5.74) is 0. The SMILES string of the molecule is OC1CCCC1CNCc1ccc(Br)o1. The van der Waals surface area contributed by atoms with Gasteiger partial charge >= 0.3 is 0 Å². The number of halogens is 1. The minimum absolute atomic E-state index is 0.110. The number of furan rings is 1. The summed E-state index contributed by atoms with van der Waals surface area (Å²) in [6.07, 6.45) is 3.13. The van der Waals surface area contributed by atoms with Gasteiger partial charge in [-0.2, -0.15) is 0 Å². The molecule has 2 atom stereocenters. The Kier molecular flexibility index (Phi) is 3.83. The van der Waals surface area contributed by atoms with Crippen LogP contribution >= 0.6 is 15.9 Å². The predicted molar refractivity (Wildman–Crippen MR) is 61.5 cm³/mol. The van der Waals surface area contributed by atoms with Crippen LogP contribution in [0.3, 0.4) is 0 Å². The average Bonchev–Trinajstić information content (AvgIpc) is 2.77. The van der Waals surface area contributed by atoms with Crippen molar-refractivity contribution in [2.24, 2.45) is 5.92 Å². The lowest BCUT2D eigenvalue weighted by molar-refractivity contribution is 0.131. The van der Waals surface area contributed by atoms with Crippen molar-refractivity contribution < 1.29 is 9.52 Å². The number of hydrogen-bond donors (Lipinski definition) is 2. The van der Waals surface area contributed by atoms with Gasteiger partial charge in [-0.05, 0) is 46.8 Å². The van der Waals surface area contributed by atoms with Crippen molar-refractivity contribution in [3.63, 3.8) is 0 Å². The average molecular weight is 274 g/mol. The zero-order chi connectivity index (χ0) is 10.7. The molecule has 1 fully saturated rings. The van der Waals surface area contributed by atoms with Crippen molar-refractivity contribution in [3.8, 4) is 0 Å². The van der Waals surface area contributed by atoms with Gasteiger partial charge in [0, 0.05) is 6.54 Å². The molecule has 0 saturated heterocycles. The third-order valence-electron chi connectivity index (χ3n) is 2.95. The van der Waals surface area contributed by atoms with E-state index in [1.54, 1.807) is 0 Å². The van der Waals surface area contributed by atoms with E-state index in [0.717, 1.165) is 42.8 Å². The van der Waals surface area contributed by atoms with Gasteiger partial charge in [-0.25, -0.2) is 0 Å². The highest BCUT2D eigenvalue weighted by Crippen LogP contribution is 2.24. The summed E-state index contributed by atoms with van der Waals surface area (Å²) < 4.78 is 6.13. The minimum atomic E-state index is -0.110. The van der Waals surface area contributed by atoms with Crippen LogP contribution in [0.4, 0.5) is 0 Å². The lowest BCUT2D eigenvalue weighted by Gasteiger charge is -2.14. The largest absolute Gasteiger partial charge is 0.453 e. The predicted octanol–water partition coefficient (Wildman–Crippen LogP) is 2.29. The highest BCUT2D eigenvalue weighted by atomic mass is 79.9. The Bertz CT molecular complexity index is 313. The number of hydrogen-bond acceptors (Lipinski definition) is 3. The first-order chi connectivity index (χ1) is 7.25. The van der Waals surface area contributed by atoms with E-state index < -0.39 is 0 Å². The molecule has 2 rings (SSSR count). The molecule has 0 radical (unpaired) electrons. The smallest absolute Gasteiger partial charge is 0.169 e. The molecule has 0 amide bonds. The van der Waals surface area contributed by atoms with Gasteiger partial charge in [0.1, 0.15) is 5.76 Å². The maximum Gasteiger partial charge on any atom is 0.169 e. The summed E-state index contributed by atoms with van der Waals surface area (Å²) in [5.74, 6) is 1.35. The Morgan fingerprint density at radius 1 is 1.47 bits per heavy atom. The minimum Gasteiger partial charge on any atom is -0.453 e. The van der Waals surface area contributed by atoms with Crippen LogP contribution in [0.15, 0.2) is 21.2 Å². The van der Waals surface area contributed by atoms with E-state index in [-0.39, 0.29) is 6.10 Å². The zero-order valence-electron chi connectivity index (χ0n) is 8.58. The van der Waals surface area contributed by atoms with E-state index in [4.69, 9.17) is 4.42 Å². The Labute approximate surface area is 98.0 Å². The molecule has 1 aromatic rings. The van der Waals surface area contributed by atoms with Gasteiger partial charge in [0.15, 0.2) is 4.67 Å². The van der Waals surface area contributed by atoms with E-state index in [2.05, 4.69) is 21.2 Å². The van der Waals surface area contributed by atoms with E-state index in [9.17, 15) is 5.11 Å². The van der Waals surface area contributed by atoms with Gasteiger partial charge < -0.3 is 14.8 Å². The molecule has 1 aromatic heterocycles. The molecular weight excluding hydrogens is 258 g/mol. The van der Waals surface area contributed by atoms with Crippen LogP contribution in [-0.2, 0) is 6.54 Å². The van der Waals surface area contributed by atoms with Crippen LogP contribution in [0.25, 0.3) is 0 Å². The van der Waals surface area contributed by atoms with E-state index in [1.807, 2.05) is 12.1 Å². The van der Waals surface area contributed by atoms with Crippen molar-refractivity contribution in [1.82, 2.24) is 5.32 Å². The van der Waals surface area contributed by atoms with Crippen LogP contribution in [0.5, 0.6) is 0 Å². The number of rotatable bonds is 4. The molecule has 1 saturated carbocycles. The molecule has 0 aliphatic heterocycles. The first kappa shape index (κ1) is 11.2. The summed E-state index contributed by atoms with van der Waals surface area (Å²) >= 11 is 3.27.